The molecule has 0 saturated heterocycles. The number of urea groups is 1. The fraction of sp³-hybridized carbons (Fsp3) is 0.346. The molecule has 3 aromatic rings. The Labute approximate surface area is 199 Å². The molecule has 0 radical (unpaired) electrons. The fourth-order valence-corrected chi connectivity index (χ4v) is 4.17. The van der Waals surface area contributed by atoms with Crippen LogP contribution in [0.15, 0.2) is 58.8 Å². The van der Waals surface area contributed by atoms with E-state index in [0.29, 0.717) is 29.8 Å². The van der Waals surface area contributed by atoms with Crippen molar-refractivity contribution < 1.29 is 18.8 Å². The van der Waals surface area contributed by atoms with Crippen LogP contribution in [-0.2, 0) is 0 Å². The summed E-state index contributed by atoms with van der Waals surface area (Å²) in [6.45, 7) is 4.69. The molecule has 0 fully saturated rings. The Bertz CT molecular complexity index is 1170. The van der Waals surface area contributed by atoms with Crippen LogP contribution in [0.25, 0.3) is 17.0 Å². The molecule has 1 aliphatic rings. The predicted octanol–water partition coefficient (Wildman–Crippen LogP) is 5.44. The number of methoxy groups -OCH3 is 2. The van der Waals surface area contributed by atoms with Crippen molar-refractivity contribution in [2.75, 3.05) is 20.8 Å². The Hall–Kier alpha value is -3.81. The quantitative estimate of drug-likeness (QED) is 0.426. The molecule has 1 N–H and O–H groups in total. The van der Waals surface area contributed by atoms with Crippen molar-refractivity contribution in [1.29, 1.82) is 0 Å². The summed E-state index contributed by atoms with van der Waals surface area (Å²) in [6, 6.07) is 14.6. The Morgan fingerprint density at radius 3 is 2.53 bits per heavy atom. The number of nitrogens with zero attached hydrogens (tertiary/aromatic N) is 3. The van der Waals surface area contributed by atoms with Gasteiger partial charge in [-0.15, -0.1) is 0 Å². The minimum Gasteiger partial charge on any atom is -0.493 e. The zero-order valence-electron chi connectivity index (χ0n) is 20.0. The number of carbonyl (C=O) groups excluding carboxylic acids is 1. The van der Waals surface area contributed by atoms with Crippen LogP contribution in [0.2, 0.25) is 0 Å². The lowest BCUT2D eigenvalue weighted by atomic mass is 9.94. The number of amides is 2. The van der Waals surface area contributed by atoms with E-state index in [4.69, 9.17) is 19.0 Å². The normalized spacial score (nSPS) is 15.9. The number of benzene rings is 2. The molecule has 4 rings (SSSR count). The van der Waals surface area contributed by atoms with Crippen LogP contribution < -0.4 is 14.8 Å². The minimum absolute atomic E-state index is 0.153. The average Bonchev–Trinajstić information content (AvgIpc) is 3.35. The highest BCUT2D eigenvalue weighted by atomic mass is 16.5. The summed E-state index contributed by atoms with van der Waals surface area (Å²) in [4.78, 5) is 19.6. The van der Waals surface area contributed by atoms with Gasteiger partial charge >= 0.3 is 6.03 Å². The maximum Gasteiger partial charge on any atom is 0.322 e. The first-order valence-electron chi connectivity index (χ1n) is 11.5. The van der Waals surface area contributed by atoms with Crippen LogP contribution in [0.5, 0.6) is 11.5 Å². The van der Waals surface area contributed by atoms with Gasteiger partial charge in [-0.3, -0.25) is 4.90 Å². The molecule has 2 amide bonds. The Kier molecular flexibility index (Phi) is 7.15. The summed E-state index contributed by atoms with van der Waals surface area (Å²) in [5, 5.41) is 7.34. The molecule has 1 aromatic heterocycles. The van der Waals surface area contributed by atoms with E-state index in [-0.39, 0.29) is 6.03 Å². The second kappa shape index (κ2) is 10.4. The Morgan fingerprint density at radius 2 is 1.82 bits per heavy atom. The summed E-state index contributed by atoms with van der Waals surface area (Å²) in [5.41, 5.74) is 3.24. The van der Waals surface area contributed by atoms with Gasteiger partial charge in [0.1, 0.15) is 0 Å². The molecule has 0 spiro atoms. The molecule has 34 heavy (non-hydrogen) atoms. The Balaban J connectivity index is 1.79. The smallest absolute Gasteiger partial charge is 0.322 e. The van der Waals surface area contributed by atoms with Gasteiger partial charge in [0, 0.05) is 17.8 Å². The molecule has 1 atom stereocenters. The molecule has 0 bridgehead atoms. The van der Waals surface area contributed by atoms with Gasteiger partial charge in [-0.1, -0.05) is 61.3 Å². The van der Waals surface area contributed by atoms with Crippen LogP contribution in [0, 0.1) is 0 Å². The first kappa shape index (κ1) is 23.4. The monoisotopic (exact) mass is 462 g/mol. The molecule has 2 aromatic carbocycles. The van der Waals surface area contributed by atoms with Gasteiger partial charge in [-0.2, -0.15) is 4.98 Å². The second-order valence-corrected chi connectivity index (χ2v) is 8.14. The highest BCUT2D eigenvalue weighted by Crippen LogP contribution is 2.40. The molecule has 0 aliphatic carbocycles. The van der Waals surface area contributed by atoms with Crippen LogP contribution in [0.3, 0.4) is 0 Å². The summed E-state index contributed by atoms with van der Waals surface area (Å²) in [6.07, 6.45) is 3.03. The number of allylic oxidation sites excluding steroid dienone is 1. The molecule has 0 saturated carbocycles. The lowest BCUT2D eigenvalue weighted by Crippen LogP contribution is -2.46. The number of unbranched alkanes of at least 4 members (excludes halogenated alkanes) is 2. The first-order chi connectivity index (χ1) is 16.6. The number of aromatic nitrogens is 2. The average molecular weight is 463 g/mol. The first-order valence-corrected chi connectivity index (χ1v) is 11.5. The van der Waals surface area contributed by atoms with Gasteiger partial charge in [0.05, 0.1) is 25.8 Å². The van der Waals surface area contributed by atoms with Crippen molar-refractivity contribution in [1.82, 2.24) is 20.4 Å². The van der Waals surface area contributed by atoms with Crippen molar-refractivity contribution in [3.63, 3.8) is 0 Å². The van der Waals surface area contributed by atoms with Crippen molar-refractivity contribution in [2.24, 2.45) is 0 Å². The predicted molar refractivity (Wildman–Crippen MR) is 129 cm³/mol. The molecular formula is C26H30N4O4. The lowest BCUT2D eigenvalue weighted by molar-refractivity contribution is 0.204. The summed E-state index contributed by atoms with van der Waals surface area (Å²) >= 11 is 0. The van der Waals surface area contributed by atoms with E-state index in [9.17, 15) is 4.79 Å². The molecular weight excluding hydrogens is 432 g/mol. The van der Waals surface area contributed by atoms with E-state index in [2.05, 4.69) is 17.4 Å². The number of rotatable bonds is 9. The zero-order valence-corrected chi connectivity index (χ0v) is 20.0. The third-order valence-electron chi connectivity index (χ3n) is 6.01. The number of nitrogens with one attached hydrogen (secondary N) is 1. The van der Waals surface area contributed by atoms with Crippen molar-refractivity contribution in [3.8, 4) is 22.9 Å². The van der Waals surface area contributed by atoms with Crippen molar-refractivity contribution in [3.05, 3.63) is 65.7 Å². The van der Waals surface area contributed by atoms with E-state index in [1.165, 1.54) is 0 Å². The number of hydrogen-bond donors (Lipinski definition) is 1. The van der Waals surface area contributed by atoms with Crippen molar-refractivity contribution >= 4 is 11.6 Å². The lowest BCUT2D eigenvalue weighted by Gasteiger charge is -2.35. The van der Waals surface area contributed by atoms with Crippen LogP contribution in [0.4, 0.5) is 4.79 Å². The van der Waals surface area contributed by atoms with Crippen molar-refractivity contribution in [2.45, 2.75) is 39.2 Å². The maximum absolute atomic E-state index is 13.1. The van der Waals surface area contributed by atoms with Gasteiger partial charge in [0.2, 0.25) is 5.82 Å². The summed E-state index contributed by atoms with van der Waals surface area (Å²) in [5.74, 6) is 2.06. The SMILES string of the molecule is CCCCCN1C(=O)NC(c2ccc(OC)c(OC)c2)C(c2nc(-c3ccccc3)no2)=C1C. The second-order valence-electron chi connectivity index (χ2n) is 8.14. The topological polar surface area (TPSA) is 89.7 Å². The highest BCUT2D eigenvalue weighted by Gasteiger charge is 2.36. The third-order valence-corrected chi connectivity index (χ3v) is 6.01. The zero-order chi connectivity index (χ0) is 24.1. The van der Waals surface area contributed by atoms with E-state index in [1.807, 2.05) is 55.5 Å². The minimum atomic E-state index is -0.487. The van der Waals surface area contributed by atoms with Crippen LogP contribution in [0.1, 0.15) is 50.6 Å². The van der Waals surface area contributed by atoms with E-state index in [1.54, 1.807) is 19.1 Å². The van der Waals surface area contributed by atoms with Gasteiger partial charge in [-0.05, 0) is 31.0 Å². The van der Waals surface area contributed by atoms with Gasteiger partial charge in [0.25, 0.3) is 5.89 Å². The van der Waals surface area contributed by atoms with E-state index < -0.39 is 6.04 Å². The van der Waals surface area contributed by atoms with Gasteiger partial charge < -0.3 is 19.3 Å². The van der Waals surface area contributed by atoms with E-state index in [0.717, 1.165) is 41.7 Å². The fourth-order valence-electron chi connectivity index (χ4n) is 4.17. The molecule has 1 unspecified atom stereocenters. The van der Waals surface area contributed by atoms with Gasteiger partial charge in [0.15, 0.2) is 11.5 Å². The number of hydrogen-bond acceptors (Lipinski definition) is 6. The highest BCUT2D eigenvalue weighted by molar-refractivity contribution is 5.87. The molecule has 8 heteroatoms. The number of ether oxygens (including phenoxy) is 2. The maximum atomic E-state index is 13.1. The van der Waals surface area contributed by atoms with E-state index >= 15 is 0 Å². The Morgan fingerprint density at radius 1 is 1.06 bits per heavy atom. The summed E-state index contributed by atoms with van der Waals surface area (Å²) in [7, 11) is 3.18. The van der Waals surface area contributed by atoms with Crippen LogP contribution >= 0.6 is 0 Å². The molecule has 2 heterocycles. The molecule has 1 aliphatic heterocycles. The number of carbonyl (C=O) groups is 1. The molecule has 8 nitrogen and oxygen atoms in total. The third kappa shape index (κ3) is 4.62. The standard InChI is InChI=1S/C26H30N4O4/c1-5-6-10-15-30-17(2)22(25-28-24(29-34-25)18-11-8-7-9-12-18)23(27-26(30)31)19-13-14-20(32-3)21(16-19)33-4/h7-9,11-14,16,23H,5-6,10,15H2,1-4H3,(H,27,31). The largest absolute Gasteiger partial charge is 0.493 e. The van der Waals surface area contributed by atoms with Crippen LogP contribution in [-0.4, -0.2) is 41.8 Å². The molecule has 178 valence electrons. The summed E-state index contributed by atoms with van der Waals surface area (Å²) < 4.78 is 16.6. The van der Waals surface area contributed by atoms with Gasteiger partial charge in [-0.25, -0.2) is 4.79 Å².